The second-order valence-corrected chi connectivity index (χ2v) is 9.39. The minimum atomic E-state index is -0.479. The molecule has 1 aromatic heterocycles. The number of benzene rings is 1. The first kappa shape index (κ1) is 24.0. The van der Waals surface area contributed by atoms with Gasteiger partial charge in [0.2, 0.25) is 12.3 Å². The van der Waals surface area contributed by atoms with Crippen molar-refractivity contribution in [3.8, 4) is 10.4 Å². The Hall–Kier alpha value is -2.29. The molecule has 1 saturated heterocycles. The fourth-order valence-electron chi connectivity index (χ4n) is 3.02. The summed E-state index contributed by atoms with van der Waals surface area (Å²) < 4.78 is 0. The number of aliphatic hydroxyl groups excluding tert-OH is 1. The molecule has 0 bridgehead atoms. The molecule has 0 aliphatic carbocycles. The lowest BCUT2D eigenvalue weighted by atomic mass is 9.86. The monoisotopic (exact) mass is 432 g/mol. The molecule has 7 nitrogen and oxygen atoms in total. The van der Waals surface area contributed by atoms with Crippen LogP contribution in [0.25, 0.3) is 10.4 Å². The molecule has 3 rings (SSSR count). The van der Waals surface area contributed by atoms with Gasteiger partial charge in [0.1, 0.15) is 0 Å². The predicted octanol–water partition coefficient (Wildman–Crippen LogP) is 2.32. The summed E-state index contributed by atoms with van der Waals surface area (Å²) in [5, 5.41) is 11.9. The highest BCUT2D eigenvalue weighted by Gasteiger charge is 2.34. The molecule has 1 aliphatic heterocycles. The van der Waals surface area contributed by atoms with E-state index in [0.717, 1.165) is 11.3 Å². The van der Waals surface area contributed by atoms with Crippen LogP contribution in [0.3, 0.4) is 0 Å². The number of aryl methyl sites for hydroxylation is 1. The first-order valence-corrected chi connectivity index (χ1v) is 10.9. The third-order valence-electron chi connectivity index (χ3n) is 5.03. The van der Waals surface area contributed by atoms with Crippen molar-refractivity contribution in [1.29, 1.82) is 0 Å². The first-order valence-electron chi connectivity index (χ1n) is 10.0. The maximum Gasteiger partial charge on any atom is 0.240 e. The Kier molecular flexibility index (Phi) is 8.52. The first-order chi connectivity index (χ1) is 14.1. The second kappa shape index (κ2) is 10.7. The van der Waals surface area contributed by atoms with Crippen LogP contribution in [0.15, 0.2) is 29.8 Å². The van der Waals surface area contributed by atoms with Crippen molar-refractivity contribution in [3.05, 3.63) is 41.0 Å². The van der Waals surface area contributed by atoms with Gasteiger partial charge in [0, 0.05) is 19.6 Å². The van der Waals surface area contributed by atoms with E-state index in [0.29, 0.717) is 32.5 Å². The molecule has 4 N–H and O–H groups in total. The van der Waals surface area contributed by atoms with Gasteiger partial charge < -0.3 is 21.1 Å². The van der Waals surface area contributed by atoms with Crippen LogP contribution in [0, 0.1) is 12.3 Å². The third kappa shape index (κ3) is 6.62. The number of rotatable bonds is 5. The Balaban J connectivity index is 0.000000216. The highest BCUT2D eigenvalue weighted by Crippen LogP contribution is 2.27. The number of aromatic nitrogens is 1. The number of amides is 2. The normalized spacial score (nSPS) is 17.1. The molecule has 1 fully saturated rings. The maximum atomic E-state index is 11.8. The number of β-amino-alcohol motifs (C(OH)–C–C–N with tert-alkyl or cyclic N) is 1. The second-order valence-electron chi connectivity index (χ2n) is 8.53. The number of hydrogen-bond acceptors (Lipinski definition) is 6. The van der Waals surface area contributed by atoms with Gasteiger partial charge >= 0.3 is 0 Å². The number of likely N-dealkylation sites (tertiary alicyclic amines) is 1. The van der Waals surface area contributed by atoms with Crippen molar-refractivity contribution in [2.45, 2.75) is 52.8 Å². The van der Waals surface area contributed by atoms with E-state index < -0.39 is 6.04 Å². The van der Waals surface area contributed by atoms with Gasteiger partial charge in [-0.25, -0.2) is 4.98 Å². The number of carbonyl (C=O) groups is 2. The van der Waals surface area contributed by atoms with Gasteiger partial charge in [0.15, 0.2) is 0 Å². The number of thiazole rings is 1. The minimum absolute atomic E-state index is 0.0472. The molecule has 8 heteroatoms. The zero-order chi connectivity index (χ0) is 22.3. The van der Waals surface area contributed by atoms with Crippen LogP contribution in [-0.2, 0) is 16.1 Å². The lowest BCUT2D eigenvalue weighted by Crippen LogP contribution is -2.49. The van der Waals surface area contributed by atoms with Gasteiger partial charge in [-0.05, 0) is 29.9 Å². The van der Waals surface area contributed by atoms with Gasteiger partial charge in [-0.3, -0.25) is 9.59 Å². The Bertz CT molecular complexity index is 830. The zero-order valence-corrected chi connectivity index (χ0v) is 18.9. The van der Waals surface area contributed by atoms with Crippen LogP contribution in [0.4, 0.5) is 0 Å². The van der Waals surface area contributed by atoms with E-state index in [2.05, 4.69) is 22.4 Å². The molecular formula is C22H32N4O3S. The smallest absolute Gasteiger partial charge is 0.240 e. The molecule has 2 aromatic rings. The largest absolute Gasteiger partial charge is 0.391 e. The van der Waals surface area contributed by atoms with Crippen molar-refractivity contribution in [3.63, 3.8) is 0 Å². The summed E-state index contributed by atoms with van der Waals surface area (Å²) in [5.41, 5.74) is 10.8. The van der Waals surface area contributed by atoms with Crippen LogP contribution in [0.5, 0.6) is 0 Å². The van der Waals surface area contributed by atoms with Gasteiger partial charge in [-0.2, -0.15) is 0 Å². The van der Waals surface area contributed by atoms with Crippen LogP contribution in [0.1, 0.15) is 38.4 Å². The van der Waals surface area contributed by atoms with Gasteiger partial charge in [-0.1, -0.05) is 45.0 Å². The Morgan fingerprint density at radius 1 is 1.40 bits per heavy atom. The van der Waals surface area contributed by atoms with Gasteiger partial charge in [-0.15, -0.1) is 11.3 Å². The average Bonchev–Trinajstić information content (AvgIpc) is 3.33. The Morgan fingerprint density at radius 2 is 2.07 bits per heavy atom. The maximum absolute atomic E-state index is 11.8. The number of nitrogens with two attached hydrogens (primary N) is 1. The summed E-state index contributed by atoms with van der Waals surface area (Å²) in [6.45, 7) is 9.48. The van der Waals surface area contributed by atoms with Gasteiger partial charge in [0.25, 0.3) is 0 Å². The van der Waals surface area contributed by atoms with Gasteiger partial charge in [0.05, 0.1) is 28.2 Å². The minimum Gasteiger partial charge on any atom is -0.391 e. The lowest BCUT2D eigenvalue weighted by molar-refractivity contribution is -0.134. The Morgan fingerprint density at radius 3 is 2.53 bits per heavy atom. The molecule has 1 aromatic carbocycles. The average molecular weight is 433 g/mol. The molecule has 2 heterocycles. The molecule has 0 saturated carbocycles. The summed E-state index contributed by atoms with van der Waals surface area (Å²) in [6, 6.07) is 7.67. The van der Waals surface area contributed by atoms with E-state index in [4.69, 9.17) is 5.73 Å². The van der Waals surface area contributed by atoms with Crippen LogP contribution >= 0.6 is 11.3 Å². The molecule has 30 heavy (non-hydrogen) atoms. The highest BCUT2D eigenvalue weighted by molar-refractivity contribution is 7.13. The van der Waals surface area contributed by atoms with E-state index in [-0.39, 0.29) is 17.4 Å². The topological polar surface area (TPSA) is 109 Å². The number of carbonyl (C=O) groups excluding carboxylic acids is 2. The van der Waals surface area contributed by atoms with Crippen LogP contribution in [0.2, 0.25) is 0 Å². The fourth-order valence-corrected chi connectivity index (χ4v) is 3.83. The van der Waals surface area contributed by atoms with Crippen molar-refractivity contribution < 1.29 is 14.7 Å². The van der Waals surface area contributed by atoms with Crippen LogP contribution < -0.4 is 11.1 Å². The van der Waals surface area contributed by atoms with Crippen molar-refractivity contribution in [2.24, 2.45) is 11.1 Å². The number of nitrogens with zero attached hydrogens (tertiary/aromatic N) is 2. The zero-order valence-electron chi connectivity index (χ0n) is 18.1. The van der Waals surface area contributed by atoms with E-state index in [1.165, 1.54) is 10.4 Å². The summed E-state index contributed by atoms with van der Waals surface area (Å²) in [5.74, 6) is -0.0472. The fraction of sp³-hybridized carbons (Fsp3) is 0.500. The molecule has 0 spiro atoms. The summed E-state index contributed by atoms with van der Waals surface area (Å²) >= 11 is 1.64. The molecule has 2 atom stereocenters. The van der Waals surface area contributed by atoms with E-state index in [1.807, 2.05) is 45.3 Å². The molecule has 2 amide bonds. The molecule has 164 valence electrons. The summed E-state index contributed by atoms with van der Waals surface area (Å²) in [4.78, 5) is 29.1. The van der Waals surface area contributed by atoms with Crippen molar-refractivity contribution >= 4 is 23.7 Å². The predicted molar refractivity (Wildman–Crippen MR) is 120 cm³/mol. The molecule has 0 radical (unpaired) electrons. The number of hydrogen-bond donors (Lipinski definition) is 3. The SMILES string of the molecule is CC(C)(C)C(N)C(=O)N1CCC(O)C1.Cc1ncsc1-c1ccc(CNC=O)cc1. The van der Waals surface area contributed by atoms with E-state index >= 15 is 0 Å². The lowest BCUT2D eigenvalue weighted by Gasteiger charge is -2.29. The summed E-state index contributed by atoms with van der Waals surface area (Å²) in [6.07, 6.45) is 1.01. The number of aliphatic hydroxyl groups is 1. The van der Waals surface area contributed by atoms with Crippen LogP contribution in [-0.4, -0.2) is 52.5 Å². The highest BCUT2D eigenvalue weighted by atomic mass is 32.1. The van der Waals surface area contributed by atoms with E-state index in [9.17, 15) is 14.7 Å². The van der Waals surface area contributed by atoms with Crippen molar-refractivity contribution in [1.82, 2.24) is 15.2 Å². The van der Waals surface area contributed by atoms with Crippen molar-refractivity contribution in [2.75, 3.05) is 13.1 Å². The van der Waals surface area contributed by atoms with E-state index in [1.54, 1.807) is 16.2 Å². The molecular weight excluding hydrogens is 400 g/mol. The standard InChI is InChI=1S/C12H12N2OS.C10H20N2O2/c1-9-12(16-8-14-9)11-4-2-10(3-5-11)6-13-7-15;1-10(2,3)8(11)9(14)12-5-4-7(13)6-12/h2-5,7-8H,6H2,1H3,(H,13,15);7-8,13H,4-6,11H2,1-3H3. The Labute approximate surface area is 182 Å². The summed E-state index contributed by atoms with van der Waals surface area (Å²) in [7, 11) is 0. The third-order valence-corrected chi connectivity index (χ3v) is 6.00. The molecule has 1 aliphatic rings. The molecule has 2 unspecified atom stereocenters. The quantitative estimate of drug-likeness (QED) is 0.629. The number of nitrogens with one attached hydrogen (secondary N) is 1.